The molecule has 0 N–H and O–H groups in total. The van der Waals surface area contributed by atoms with Crippen molar-refractivity contribution in [1.82, 2.24) is 0 Å². The Morgan fingerprint density at radius 2 is 0.952 bits per heavy atom. The highest BCUT2D eigenvalue weighted by Crippen LogP contribution is 2.26. The van der Waals surface area contributed by atoms with Crippen LogP contribution in [0.1, 0.15) is 31.8 Å². The number of carbonyl (C=O) groups excluding carboxylic acids is 2. The molecule has 100 valence electrons. The van der Waals surface area contributed by atoms with Gasteiger partial charge in [-0.3, -0.25) is 9.59 Å². The Kier molecular flexibility index (Phi) is 5.53. The fourth-order valence-corrected chi connectivity index (χ4v) is 2.61. The lowest BCUT2D eigenvalue weighted by atomic mass is 9.84. The third-order valence-electron chi connectivity index (χ3n) is 2.92. The third-order valence-corrected chi connectivity index (χ3v) is 3.58. The second kappa shape index (κ2) is 7.38. The molecule has 4 nitrogen and oxygen atoms in total. The molecular formula is C14H8O4Si3. The molecule has 0 saturated heterocycles. The van der Waals surface area contributed by atoms with Gasteiger partial charge >= 0.3 is 10.0 Å². The van der Waals surface area contributed by atoms with Gasteiger partial charge in [-0.2, -0.15) is 0 Å². The summed E-state index contributed by atoms with van der Waals surface area (Å²) in [6.45, 7) is 0. The van der Waals surface area contributed by atoms with Crippen molar-refractivity contribution in [3.8, 4) is 0 Å². The van der Waals surface area contributed by atoms with Gasteiger partial charge in [-0.05, 0) is 0 Å². The number of ketones is 2. The first kappa shape index (κ1) is 15.7. The van der Waals surface area contributed by atoms with Gasteiger partial charge in [0.15, 0.2) is 11.6 Å². The van der Waals surface area contributed by atoms with Gasteiger partial charge in [0.1, 0.15) is 0 Å². The van der Waals surface area contributed by atoms with Crippen molar-refractivity contribution in [3.63, 3.8) is 0 Å². The summed E-state index contributed by atoms with van der Waals surface area (Å²) in [5.74, 6) is -0.128. The maximum atomic E-state index is 12.1. The summed E-state index contributed by atoms with van der Waals surface area (Å²) in [6.07, 6.45) is 0. The quantitative estimate of drug-likeness (QED) is 0.664. The topological polar surface area (TPSA) is 52.6 Å². The van der Waals surface area contributed by atoms with E-state index in [-0.39, 0.29) is 21.6 Å². The number of hydrogen-bond acceptors (Lipinski definition) is 4. The molecule has 0 aliphatic heterocycles. The van der Waals surface area contributed by atoms with Crippen molar-refractivity contribution in [1.29, 1.82) is 0 Å². The fourth-order valence-electron chi connectivity index (χ4n) is 2.07. The van der Waals surface area contributed by atoms with Crippen molar-refractivity contribution in [2.45, 2.75) is 0 Å². The molecule has 3 rings (SSSR count). The predicted molar refractivity (Wildman–Crippen MR) is 79.2 cm³/mol. The van der Waals surface area contributed by atoms with E-state index in [0.717, 1.165) is 0 Å². The van der Waals surface area contributed by atoms with Crippen LogP contribution in [0.3, 0.4) is 0 Å². The molecule has 0 atom stereocenters. The van der Waals surface area contributed by atoms with E-state index < -0.39 is 0 Å². The normalized spacial score (nSPS) is 12.1. The summed E-state index contributed by atoms with van der Waals surface area (Å²) in [7, 11) is 5.44. The largest absolute Gasteiger partial charge is 0.435 e. The van der Waals surface area contributed by atoms with Crippen LogP contribution in [0.25, 0.3) is 0 Å². The average Bonchev–Trinajstić information content (AvgIpc) is 2.54. The molecule has 8 radical (unpaired) electrons. The minimum absolute atomic E-state index is 0.0247. The van der Waals surface area contributed by atoms with Gasteiger partial charge in [-0.15, -0.1) is 0 Å². The van der Waals surface area contributed by atoms with E-state index in [1.54, 1.807) is 48.5 Å². The molecule has 1 aliphatic rings. The van der Waals surface area contributed by atoms with Crippen LogP contribution in [0.2, 0.25) is 0 Å². The van der Waals surface area contributed by atoms with Gasteiger partial charge in [0, 0.05) is 22.3 Å². The Morgan fingerprint density at radius 1 is 0.667 bits per heavy atom. The molecule has 0 saturated carbocycles. The van der Waals surface area contributed by atoms with Gasteiger partial charge in [0.25, 0.3) is 0 Å². The standard InChI is InChI=1S/C14H8O2.O2Si3/c15-13-9-5-1-2-6-10(9)14(16)12-8-4-3-7-11(12)13;3-1-5-2-4/h1-8H;. The van der Waals surface area contributed by atoms with Gasteiger partial charge < -0.3 is 8.23 Å². The average molecular weight is 324 g/mol. The molecule has 0 amide bonds. The van der Waals surface area contributed by atoms with Gasteiger partial charge in [-0.1, -0.05) is 48.5 Å². The molecule has 0 bridgehead atoms. The first-order chi connectivity index (χ1) is 10.2. The van der Waals surface area contributed by atoms with Crippen LogP contribution in [-0.4, -0.2) is 42.5 Å². The summed E-state index contributed by atoms with van der Waals surface area (Å²) < 4.78 is 8.51. The summed E-state index contributed by atoms with van der Waals surface area (Å²) in [5.41, 5.74) is 2.02. The van der Waals surface area contributed by atoms with E-state index >= 15 is 0 Å². The van der Waals surface area contributed by atoms with Crippen LogP contribution in [0.5, 0.6) is 0 Å². The smallest absolute Gasteiger partial charge is 0.409 e. The van der Waals surface area contributed by atoms with Crippen molar-refractivity contribution in [2.75, 3.05) is 0 Å². The molecular weight excluding hydrogens is 316 g/mol. The molecule has 0 fully saturated rings. The molecule has 0 spiro atoms. The van der Waals surface area contributed by atoms with Crippen LogP contribution < -0.4 is 0 Å². The van der Waals surface area contributed by atoms with Crippen LogP contribution >= 0.6 is 0 Å². The summed E-state index contributed by atoms with van der Waals surface area (Å²) in [6, 6.07) is 13.9. The van der Waals surface area contributed by atoms with E-state index in [9.17, 15) is 9.59 Å². The Morgan fingerprint density at radius 3 is 1.14 bits per heavy atom. The first-order valence-corrected chi connectivity index (χ1v) is 7.51. The Balaban J connectivity index is 0.000000282. The monoisotopic (exact) mass is 324 g/mol. The molecule has 0 aromatic heterocycles. The Labute approximate surface area is 131 Å². The SMILES string of the molecule is O=C1c2ccccc2C(=O)c2ccccc21.[Si]O[Si]O[Si]. The summed E-state index contributed by atoms with van der Waals surface area (Å²) in [4.78, 5) is 24.2. The minimum atomic E-state index is -0.0641. The van der Waals surface area contributed by atoms with Crippen molar-refractivity contribution >= 4 is 42.5 Å². The highest BCUT2D eigenvalue weighted by Gasteiger charge is 2.28. The first-order valence-electron chi connectivity index (χ1n) is 5.88. The van der Waals surface area contributed by atoms with Gasteiger partial charge in [0.05, 0.1) is 0 Å². The second-order valence-corrected chi connectivity index (χ2v) is 5.84. The minimum Gasteiger partial charge on any atom is -0.435 e. The highest BCUT2D eigenvalue weighted by molar-refractivity contribution is 6.33. The van der Waals surface area contributed by atoms with E-state index in [1.165, 1.54) is 0 Å². The van der Waals surface area contributed by atoms with Gasteiger partial charge in [-0.25, -0.2) is 0 Å². The Bertz CT molecular complexity index is 565. The molecule has 2 aromatic carbocycles. The highest BCUT2D eigenvalue weighted by atomic mass is 28.3. The summed E-state index contributed by atoms with van der Waals surface area (Å²) >= 11 is 0. The molecule has 0 heterocycles. The molecule has 21 heavy (non-hydrogen) atoms. The number of hydrogen-bond donors (Lipinski definition) is 0. The second-order valence-electron chi connectivity index (χ2n) is 4.04. The summed E-state index contributed by atoms with van der Waals surface area (Å²) in [5, 5.41) is 0. The van der Waals surface area contributed by atoms with Crippen molar-refractivity contribution in [3.05, 3.63) is 70.8 Å². The maximum Gasteiger partial charge on any atom is 0.409 e. The Hall–Kier alpha value is -1.65. The van der Waals surface area contributed by atoms with Crippen LogP contribution in [-0.2, 0) is 8.23 Å². The zero-order valence-electron chi connectivity index (χ0n) is 10.8. The lowest BCUT2D eigenvalue weighted by molar-refractivity contribution is 0.0979. The maximum absolute atomic E-state index is 12.1. The third kappa shape index (κ3) is 3.34. The number of carbonyl (C=O) groups is 2. The van der Waals surface area contributed by atoms with Crippen LogP contribution in [0.4, 0.5) is 0 Å². The van der Waals surface area contributed by atoms with E-state index in [2.05, 4.69) is 29.2 Å². The lowest BCUT2D eigenvalue weighted by Crippen LogP contribution is -2.20. The van der Waals surface area contributed by atoms with Crippen molar-refractivity contribution in [2.24, 2.45) is 0 Å². The number of rotatable bonds is 2. The predicted octanol–water partition coefficient (Wildman–Crippen LogP) is 1.18. The van der Waals surface area contributed by atoms with Crippen LogP contribution in [0, 0.1) is 0 Å². The van der Waals surface area contributed by atoms with Crippen LogP contribution in [0.15, 0.2) is 48.5 Å². The zero-order valence-corrected chi connectivity index (χ0v) is 13.8. The van der Waals surface area contributed by atoms with E-state index in [4.69, 9.17) is 0 Å². The zero-order chi connectivity index (χ0) is 15.2. The van der Waals surface area contributed by atoms with E-state index in [0.29, 0.717) is 22.3 Å². The molecule has 2 aromatic rings. The van der Waals surface area contributed by atoms with E-state index in [1.807, 2.05) is 0 Å². The lowest BCUT2D eigenvalue weighted by Gasteiger charge is -2.16. The molecule has 1 aliphatic carbocycles. The molecule has 7 heteroatoms. The van der Waals surface area contributed by atoms with Crippen molar-refractivity contribution < 1.29 is 17.8 Å². The molecule has 0 unspecified atom stereocenters. The number of fused-ring (bicyclic) bond motifs is 2. The number of benzene rings is 2. The van der Waals surface area contributed by atoms with Gasteiger partial charge in [0.2, 0.25) is 21.0 Å². The fraction of sp³-hybridized carbons (Fsp3) is 0.